The first kappa shape index (κ1) is 24.1. The minimum Gasteiger partial charge on any atom is -0.493 e. The summed E-state index contributed by atoms with van der Waals surface area (Å²) in [5.41, 5.74) is 5.64. The summed E-state index contributed by atoms with van der Waals surface area (Å²) in [5.74, 6) is 0.580. The predicted octanol–water partition coefficient (Wildman–Crippen LogP) is 6.51. The molecule has 1 N–H and O–H groups in total. The van der Waals surface area contributed by atoms with Gasteiger partial charge in [-0.25, -0.2) is 0 Å². The molecule has 0 spiro atoms. The lowest BCUT2D eigenvalue weighted by Crippen LogP contribution is -2.13. The van der Waals surface area contributed by atoms with Crippen LogP contribution in [0.25, 0.3) is 6.08 Å². The van der Waals surface area contributed by atoms with Gasteiger partial charge in [0.2, 0.25) is 0 Å². The summed E-state index contributed by atoms with van der Waals surface area (Å²) < 4.78 is 12.1. The molecule has 33 heavy (non-hydrogen) atoms. The Bertz CT molecular complexity index is 1260. The Hall–Kier alpha value is -3.56. The van der Waals surface area contributed by atoms with Crippen LogP contribution >= 0.6 is 15.9 Å². The Morgan fingerprint density at radius 2 is 1.85 bits per heavy atom. The molecule has 0 aliphatic rings. The number of nitrogens with one attached hydrogen (secondary N) is 1. The van der Waals surface area contributed by atoms with Gasteiger partial charge in [0.15, 0.2) is 11.5 Å². The van der Waals surface area contributed by atoms with Gasteiger partial charge < -0.3 is 14.8 Å². The van der Waals surface area contributed by atoms with Gasteiger partial charge in [0.25, 0.3) is 5.91 Å². The van der Waals surface area contributed by atoms with Gasteiger partial charge in [-0.3, -0.25) is 4.79 Å². The Labute approximate surface area is 202 Å². The van der Waals surface area contributed by atoms with E-state index in [0.717, 1.165) is 22.3 Å². The first-order valence-electron chi connectivity index (χ1n) is 10.4. The van der Waals surface area contributed by atoms with Crippen LogP contribution in [0.3, 0.4) is 0 Å². The molecule has 0 fully saturated rings. The standard InChI is InChI=1S/C27H25BrN2O3/c1-17-6-5-7-20(10-17)16-33-26-14-24(28)21(13-25(26)32-4)12-22(15-29)27(31)30-23-9-8-18(2)19(3)11-23/h5-14H,16H2,1-4H3,(H,30,31)/b22-12+. The Morgan fingerprint density at radius 1 is 1.06 bits per heavy atom. The number of benzene rings is 3. The van der Waals surface area contributed by atoms with E-state index in [1.807, 2.05) is 63.2 Å². The minimum atomic E-state index is -0.480. The van der Waals surface area contributed by atoms with Crippen molar-refractivity contribution in [3.8, 4) is 17.6 Å². The number of carbonyl (C=O) groups excluding carboxylic acids is 1. The number of nitriles is 1. The molecule has 3 aromatic carbocycles. The second kappa shape index (κ2) is 10.8. The molecule has 5 nitrogen and oxygen atoms in total. The van der Waals surface area contributed by atoms with Gasteiger partial charge in [-0.05, 0) is 73.4 Å². The number of carbonyl (C=O) groups is 1. The molecule has 0 aliphatic heterocycles. The van der Waals surface area contributed by atoms with E-state index >= 15 is 0 Å². The molecule has 0 aliphatic carbocycles. The zero-order valence-electron chi connectivity index (χ0n) is 19.0. The molecule has 0 heterocycles. The van der Waals surface area contributed by atoms with Crippen molar-refractivity contribution < 1.29 is 14.3 Å². The van der Waals surface area contributed by atoms with E-state index in [4.69, 9.17) is 9.47 Å². The summed E-state index contributed by atoms with van der Waals surface area (Å²) in [6.07, 6.45) is 1.52. The van der Waals surface area contributed by atoms with Gasteiger partial charge in [-0.2, -0.15) is 5.26 Å². The maximum atomic E-state index is 12.7. The van der Waals surface area contributed by atoms with Crippen molar-refractivity contribution in [3.05, 3.63) is 92.5 Å². The maximum Gasteiger partial charge on any atom is 0.266 e. The van der Waals surface area contributed by atoms with Gasteiger partial charge in [0, 0.05) is 10.2 Å². The smallest absolute Gasteiger partial charge is 0.266 e. The molecule has 0 unspecified atom stereocenters. The van der Waals surface area contributed by atoms with Crippen molar-refractivity contribution in [2.24, 2.45) is 0 Å². The van der Waals surface area contributed by atoms with Crippen molar-refractivity contribution in [1.29, 1.82) is 5.26 Å². The zero-order valence-corrected chi connectivity index (χ0v) is 20.6. The largest absolute Gasteiger partial charge is 0.493 e. The SMILES string of the molecule is COc1cc(/C=C(\C#N)C(=O)Nc2ccc(C)c(C)c2)c(Br)cc1OCc1cccc(C)c1. The molecule has 0 radical (unpaired) electrons. The average Bonchev–Trinajstić information content (AvgIpc) is 2.79. The number of ether oxygens (including phenoxy) is 2. The molecule has 168 valence electrons. The Kier molecular flexibility index (Phi) is 7.92. The van der Waals surface area contributed by atoms with Crippen molar-refractivity contribution in [2.75, 3.05) is 12.4 Å². The van der Waals surface area contributed by atoms with Crippen LogP contribution in [0, 0.1) is 32.1 Å². The number of rotatable bonds is 7. The van der Waals surface area contributed by atoms with Crippen LogP contribution in [0.2, 0.25) is 0 Å². The molecule has 0 bridgehead atoms. The molecule has 0 saturated carbocycles. The summed E-state index contributed by atoms with van der Waals surface area (Å²) in [6, 6.07) is 19.2. The maximum absolute atomic E-state index is 12.7. The number of aryl methyl sites for hydroxylation is 3. The molecule has 3 aromatic rings. The van der Waals surface area contributed by atoms with Crippen LogP contribution in [-0.4, -0.2) is 13.0 Å². The lowest BCUT2D eigenvalue weighted by atomic mass is 10.1. The summed E-state index contributed by atoms with van der Waals surface area (Å²) in [4.78, 5) is 12.7. The number of hydrogen-bond acceptors (Lipinski definition) is 4. The van der Waals surface area contributed by atoms with Gasteiger partial charge in [-0.1, -0.05) is 51.8 Å². The molecule has 1 amide bonds. The zero-order chi connectivity index (χ0) is 24.0. The number of nitrogens with zero attached hydrogens (tertiary/aromatic N) is 1. The van der Waals surface area contributed by atoms with Gasteiger partial charge in [0.05, 0.1) is 7.11 Å². The molecule has 0 atom stereocenters. The monoisotopic (exact) mass is 504 g/mol. The number of hydrogen-bond donors (Lipinski definition) is 1. The lowest BCUT2D eigenvalue weighted by Gasteiger charge is -2.13. The highest BCUT2D eigenvalue weighted by Crippen LogP contribution is 2.35. The summed E-state index contributed by atoms with van der Waals surface area (Å²) in [7, 11) is 1.55. The van der Waals surface area contributed by atoms with Crippen molar-refractivity contribution in [3.63, 3.8) is 0 Å². The highest BCUT2D eigenvalue weighted by molar-refractivity contribution is 9.10. The van der Waals surface area contributed by atoms with Crippen LogP contribution in [0.4, 0.5) is 5.69 Å². The van der Waals surface area contributed by atoms with E-state index in [0.29, 0.717) is 33.8 Å². The molecule has 3 rings (SSSR count). The first-order chi connectivity index (χ1) is 15.8. The third kappa shape index (κ3) is 6.24. The number of anilines is 1. The van der Waals surface area contributed by atoms with Crippen LogP contribution < -0.4 is 14.8 Å². The van der Waals surface area contributed by atoms with E-state index in [1.54, 1.807) is 19.2 Å². The topological polar surface area (TPSA) is 71.3 Å². The van der Waals surface area contributed by atoms with E-state index in [1.165, 1.54) is 6.08 Å². The van der Waals surface area contributed by atoms with Gasteiger partial charge in [-0.15, -0.1) is 0 Å². The van der Waals surface area contributed by atoms with Crippen LogP contribution in [0.5, 0.6) is 11.5 Å². The van der Waals surface area contributed by atoms with Gasteiger partial charge >= 0.3 is 0 Å². The van der Waals surface area contributed by atoms with E-state index in [9.17, 15) is 10.1 Å². The fraction of sp³-hybridized carbons (Fsp3) is 0.185. The van der Waals surface area contributed by atoms with Crippen molar-refractivity contribution in [2.45, 2.75) is 27.4 Å². The normalized spacial score (nSPS) is 11.0. The van der Waals surface area contributed by atoms with Crippen LogP contribution in [0.15, 0.2) is 64.6 Å². The van der Waals surface area contributed by atoms with Crippen molar-refractivity contribution in [1.82, 2.24) is 0 Å². The van der Waals surface area contributed by atoms with Gasteiger partial charge in [0.1, 0.15) is 18.2 Å². The first-order valence-corrected chi connectivity index (χ1v) is 11.2. The summed E-state index contributed by atoms with van der Waals surface area (Å²) in [5, 5.41) is 12.4. The van der Waals surface area contributed by atoms with Crippen LogP contribution in [0.1, 0.15) is 27.8 Å². The van der Waals surface area contributed by atoms with E-state index < -0.39 is 5.91 Å². The van der Waals surface area contributed by atoms with E-state index in [-0.39, 0.29) is 5.57 Å². The number of amides is 1. The van der Waals surface area contributed by atoms with Crippen molar-refractivity contribution >= 4 is 33.6 Å². The van der Waals surface area contributed by atoms with E-state index in [2.05, 4.69) is 27.3 Å². The number of methoxy groups -OCH3 is 1. The Balaban J connectivity index is 1.82. The highest BCUT2D eigenvalue weighted by Gasteiger charge is 2.14. The fourth-order valence-corrected chi connectivity index (χ4v) is 3.66. The summed E-state index contributed by atoms with van der Waals surface area (Å²) >= 11 is 3.52. The lowest BCUT2D eigenvalue weighted by molar-refractivity contribution is -0.112. The quantitative estimate of drug-likeness (QED) is 0.294. The molecular formula is C27H25BrN2O3. The molecular weight excluding hydrogens is 480 g/mol. The highest BCUT2D eigenvalue weighted by atomic mass is 79.9. The number of halogens is 1. The average molecular weight is 505 g/mol. The van der Waals surface area contributed by atoms with Crippen LogP contribution in [-0.2, 0) is 11.4 Å². The molecule has 0 aromatic heterocycles. The second-order valence-electron chi connectivity index (χ2n) is 7.73. The third-order valence-electron chi connectivity index (χ3n) is 5.19. The summed E-state index contributed by atoms with van der Waals surface area (Å²) in [6.45, 7) is 6.39. The molecule has 0 saturated heterocycles. The minimum absolute atomic E-state index is 0.0237. The second-order valence-corrected chi connectivity index (χ2v) is 8.58. The third-order valence-corrected chi connectivity index (χ3v) is 5.88. The Morgan fingerprint density at radius 3 is 2.52 bits per heavy atom. The predicted molar refractivity (Wildman–Crippen MR) is 134 cm³/mol. The fourth-order valence-electron chi connectivity index (χ4n) is 3.22. The molecule has 6 heteroatoms.